The fourth-order valence-corrected chi connectivity index (χ4v) is 6.18. The maximum absolute atomic E-state index is 14.2. The lowest BCUT2D eigenvalue weighted by molar-refractivity contribution is -0.139. The summed E-state index contributed by atoms with van der Waals surface area (Å²) in [5, 5.41) is 4.91. The summed E-state index contributed by atoms with van der Waals surface area (Å²) >= 11 is 1.31. The van der Waals surface area contributed by atoms with E-state index in [1.165, 1.54) is 11.3 Å². The summed E-state index contributed by atoms with van der Waals surface area (Å²) in [6.07, 6.45) is 3.82. The van der Waals surface area contributed by atoms with Crippen molar-refractivity contribution >= 4 is 23.4 Å². The molecule has 0 fully saturated rings. The van der Waals surface area contributed by atoms with Crippen LogP contribution in [0.3, 0.4) is 0 Å². The average molecular weight is 575 g/mol. The highest BCUT2D eigenvalue weighted by Crippen LogP contribution is 2.31. The number of thiazole rings is 1. The van der Waals surface area contributed by atoms with E-state index in [9.17, 15) is 9.59 Å². The number of ether oxygens (including phenoxy) is 1. The van der Waals surface area contributed by atoms with Crippen molar-refractivity contribution in [2.45, 2.75) is 33.7 Å². The fourth-order valence-electron chi connectivity index (χ4n) is 5.14. The van der Waals surface area contributed by atoms with Gasteiger partial charge in [-0.25, -0.2) is 14.5 Å². The normalized spacial score (nSPS) is 15.0. The van der Waals surface area contributed by atoms with Gasteiger partial charge >= 0.3 is 5.97 Å². The Hall–Kier alpha value is -4.82. The molecule has 3 heterocycles. The van der Waals surface area contributed by atoms with Crippen LogP contribution in [0.5, 0.6) is 0 Å². The van der Waals surface area contributed by atoms with E-state index in [2.05, 4.69) is 12.1 Å². The van der Waals surface area contributed by atoms with Crippen LogP contribution in [0.25, 0.3) is 23.0 Å². The second kappa shape index (κ2) is 11.2. The van der Waals surface area contributed by atoms with E-state index < -0.39 is 12.0 Å². The molecular weight excluding hydrogens is 544 g/mol. The summed E-state index contributed by atoms with van der Waals surface area (Å²) in [6.45, 7) is 7.85. The van der Waals surface area contributed by atoms with Crippen molar-refractivity contribution in [2.24, 2.45) is 4.99 Å². The molecule has 0 bridgehead atoms. The van der Waals surface area contributed by atoms with Crippen molar-refractivity contribution in [3.05, 3.63) is 138 Å². The first-order valence-corrected chi connectivity index (χ1v) is 14.6. The molecule has 0 N–H and O–H groups in total. The largest absolute Gasteiger partial charge is 0.463 e. The van der Waals surface area contributed by atoms with Crippen LogP contribution in [0.2, 0.25) is 0 Å². The molecule has 5 aromatic rings. The quantitative estimate of drug-likeness (QED) is 0.259. The van der Waals surface area contributed by atoms with Crippen LogP contribution >= 0.6 is 11.3 Å². The number of nitrogens with zero attached hydrogens (tertiary/aromatic N) is 4. The number of rotatable bonds is 6. The number of allylic oxidation sites excluding steroid dienone is 1. The molecule has 8 heteroatoms. The number of aryl methyl sites for hydroxylation is 2. The molecule has 0 saturated heterocycles. The summed E-state index contributed by atoms with van der Waals surface area (Å²) in [4.78, 5) is 32.6. The van der Waals surface area contributed by atoms with Crippen LogP contribution in [0, 0.1) is 13.8 Å². The lowest BCUT2D eigenvalue weighted by atomic mass is 9.95. The molecule has 1 unspecified atom stereocenters. The summed E-state index contributed by atoms with van der Waals surface area (Å²) in [5.74, 6) is -0.468. The van der Waals surface area contributed by atoms with Gasteiger partial charge in [0, 0.05) is 17.3 Å². The molecule has 1 aliphatic heterocycles. The number of hydrogen-bond acceptors (Lipinski definition) is 6. The van der Waals surface area contributed by atoms with Crippen molar-refractivity contribution in [1.82, 2.24) is 14.3 Å². The molecule has 210 valence electrons. The highest BCUT2D eigenvalue weighted by atomic mass is 32.1. The van der Waals surface area contributed by atoms with Gasteiger partial charge in [0.05, 0.1) is 39.8 Å². The minimum absolute atomic E-state index is 0.221. The number of benzene rings is 3. The lowest BCUT2D eigenvalue weighted by Gasteiger charge is -2.24. The van der Waals surface area contributed by atoms with Crippen molar-refractivity contribution in [3.63, 3.8) is 0 Å². The molecule has 0 amide bonds. The molecule has 0 aliphatic carbocycles. The van der Waals surface area contributed by atoms with E-state index in [1.54, 1.807) is 18.4 Å². The van der Waals surface area contributed by atoms with Crippen molar-refractivity contribution in [1.29, 1.82) is 0 Å². The van der Waals surface area contributed by atoms with Gasteiger partial charge < -0.3 is 4.74 Å². The van der Waals surface area contributed by atoms with Crippen LogP contribution in [0.15, 0.2) is 106 Å². The number of carbonyl (C=O) groups excluding carboxylic acids is 1. The monoisotopic (exact) mass is 574 g/mol. The Morgan fingerprint density at radius 1 is 0.952 bits per heavy atom. The van der Waals surface area contributed by atoms with E-state index in [0.29, 0.717) is 20.6 Å². The van der Waals surface area contributed by atoms with Gasteiger partial charge in [-0.3, -0.25) is 9.36 Å². The summed E-state index contributed by atoms with van der Waals surface area (Å²) in [6, 6.07) is 25.3. The van der Waals surface area contributed by atoms with Crippen molar-refractivity contribution in [3.8, 4) is 16.9 Å². The van der Waals surface area contributed by atoms with E-state index in [-0.39, 0.29) is 12.2 Å². The van der Waals surface area contributed by atoms with Gasteiger partial charge in [-0.05, 0) is 51.5 Å². The zero-order chi connectivity index (χ0) is 29.4. The molecule has 42 heavy (non-hydrogen) atoms. The van der Waals surface area contributed by atoms with Gasteiger partial charge in [-0.1, -0.05) is 89.2 Å². The van der Waals surface area contributed by atoms with Crippen molar-refractivity contribution < 1.29 is 9.53 Å². The minimum Gasteiger partial charge on any atom is -0.463 e. The number of esters is 1. The molecule has 0 saturated carbocycles. The van der Waals surface area contributed by atoms with E-state index in [1.807, 2.05) is 97.5 Å². The average Bonchev–Trinajstić information content (AvgIpc) is 3.54. The van der Waals surface area contributed by atoms with E-state index in [0.717, 1.165) is 39.2 Å². The summed E-state index contributed by atoms with van der Waals surface area (Å²) in [7, 11) is 0. The molecule has 6 rings (SSSR count). The first kappa shape index (κ1) is 27.4. The third-order valence-electron chi connectivity index (χ3n) is 7.28. The Morgan fingerprint density at radius 2 is 1.62 bits per heavy atom. The molecule has 2 aromatic heterocycles. The van der Waals surface area contributed by atoms with Crippen LogP contribution < -0.4 is 14.9 Å². The zero-order valence-electron chi connectivity index (χ0n) is 23.9. The Morgan fingerprint density at radius 3 is 2.29 bits per heavy atom. The predicted molar refractivity (Wildman–Crippen MR) is 165 cm³/mol. The third kappa shape index (κ3) is 5.05. The molecule has 3 aromatic carbocycles. The molecule has 0 spiro atoms. The first-order valence-electron chi connectivity index (χ1n) is 13.8. The minimum atomic E-state index is -0.647. The number of para-hydroxylation sites is 1. The molecular formula is C34H30N4O3S. The maximum atomic E-state index is 14.2. The Bertz CT molecular complexity index is 2000. The molecule has 7 nitrogen and oxygen atoms in total. The number of fused-ring (bicyclic) bond motifs is 1. The maximum Gasteiger partial charge on any atom is 0.338 e. The van der Waals surface area contributed by atoms with Crippen LogP contribution in [0.1, 0.15) is 42.1 Å². The number of carbonyl (C=O) groups is 1. The number of hydrogen-bond donors (Lipinski definition) is 0. The van der Waals surface area contributed by atoms with Crippen molar-refractivity contribution in [2.75, 3.05) is 6.61 Å². The van der Waals surface area contributed by atoms with Gasteiger partial charge in [0.15, 0.2) is 4.80 Å². The molecule has 0 radical (unpaired) electrons. The van der Waals surface area contributed by atoms with Crippen LogP contribution in [-0.2, 0) is 9.53 Å². The lowest BCUT2D eigenvalue weighted by Crippen LogP contribution is -2.39. The van der Waals surface area contributed by atoms with E-state index >= 15 is 0 Å². The Labute approximate surface area is 247 Å². The van der Waals surface area contributed by atoms with Gasteiger partial charge in [0.1, 0.15) is 0 Å². The summed E-state index contributed by atoms with van der Waals surface area (Å²) in [5.41, 5.74) is 7.20. The second-order valence-corrected chi connectivity index (χ2v) is 11.3. The van der Waals surface area contributed by atoms with Gasteiger partial charge in [0.25, 0.3) is 5.56 Å². The highest BCUT2D eigenvalue weighted by molar-refractivity contribution is 7.07. The second-order valence-electron chi connectivity index (χ2n) is 10.3. The molecule has 1 aliphatic rings. The molecule has 1 atom stereocenters. The SMILES string of the molecule is CCOC(=O)C1=C(C)N=c2sc(=Cc3cn(-c4ccccc4)nc3-c3ccc(C)cc3)c(=O)n2C1c1ccc(C)cc1. The van der Waals surface area contributed by atoms with Gasteiger partial charge in [-0.2, -0.15) is 5.10 Å². The van der Waals surface area contributed by atoms with E-state index in [4.69, 9.17) is 14.8 Å². The van der Waals surface area contributed by atoms with Crippen LogP contribution in [-0.4, -0.2) is 26.9 Å². The van der Waals surface area contributed by atoms with Gasteiger partial charge in [-0.15, -0.1) is 0 Å². The number of aromatic nitrogens is 3. The fraction of sp³-hybridized carbons (Fsp3) is 0.176. The Kier molecular flexibility index (Phi) is 7.31. The topological polar surface area (TPSA) is 78.5 Å². The Balaban J connectivity index is 1.56. The third-order valence-corrected chi connectivity index (χ3v) is 8.27. The smallest absolute Gasteiger partial charge is 0.338 e. The van der Waals surface area contributed by atoms with Gasteiger partial charge in [0.2, 0.25) is 0 Å². The zero-order valence-corrected chi connectivity index (χ0v) is 24.7. The standard InChI is InChI=1S/C34H30N4O3S/c1-5-41-33(40)29-23(4)35-34-38(31(29)25-17-13-22(3)14-18-25)32(39)28(42-34)19-26-20-37(27-9-7-6-8-10-27)36-30(26)24-15-11-21(2)12-16-24/h6-20,31H,5H2,1-4H3. The first-order chi connectivity index (χ1) is 20.3. The predicted octanol–water partition coefficient (Wildman–Crippen LogP) is 5.27. The summed E-state index contributed by atoms with van der Waals surface area (Å²) < 4.78 is 9.37. The highest BCUT2D eigenvalue weighted by Gasteiger charge is 2.33. The van der Waals surface area contributed by atoms with Crippen LogP contribution in [0.4, 0.5) is 0 Å².